The zero-order valence-electron chi connectivity index (χ0n) is 10.1. The fraction of sp³-hybridized carbons (Fsp3) is 0. The number of aromatic amines is 1. The highest BCUT2D eigenvalue weighted by molar-refractivity contribution is 6.32. The smallest absolute Gasteiger partial charge is 0.198 e. The van der Waals surface area contributed by atoms with Gasteiger partial charge in [-0.25, -0.2) is 4.39 Å². The molecule has 2 aromatic carbocycles. The molecule has 3 aromatic rings. The molecule has 20 heavy (non-hydrogen) atoms. The molecule has 5 heteroatoms. The molecule has 0 aliphatic rings. The van der Waals surface area contributed by atoms with Crippen molar-refractivity contribution in [1.82, 2.24) is 4.98 Å². The van der Waals surface area contributed by atoms with Gasteiger partial charge in [0, 0.05) is 32.7 Å². The Kier molecular flexibility index (Phi) is 3.24. The number of aromatic nitrogens is 1. The van der Waals surface area contributed by atoms with Crippen molar-refractivity contribution in [3.05, 3.63) is 69.6 Å². The van der Waals surface area contributed by atoms with Crippen LogP contribution in [0.4, 0.5) is 4.39 Å². The van der Waals surface area contributed by atoms with E-state index in [9.17, 15) is 9.18 Å². The van der Waals surface area contributed by atoms with E-state index in [1.807, 2.05) is 0 Å². The summed E-state index contributed by atoms with van der Waals surface area (Å²) in [4.78, 5) is 15.4. The molecule has 3 rings (SSSR count). The molecule has 1 N–H and O–H groups in total. The predicted molar refractivity (Wildman–Crippen MR) is 78.2 cm³/mol. The third kappa shape index (κ3) is 2.19. The Morgan fingerprint density at radius 1 is 1.00 bits per heavy atom. The Balaban J connectivity index is 2.15. The summed E-state index contributed by atoms with van der Waals surface area (Å²) in [6.45, 7) is 0. The van der Waals surface area contributed by atoms with E-state index in [-0.39, 0.29) is 5.56 Å². The minimum atomic E-state index is -0.595. The number of fused-ring (bicyclic) bond motifs is 1. The van der Waals surface area contributed by atoms with E-state index >= 15 is 0 Å². The van der Waals surface area contributed by atoms with Gasteiger partial charge in [-0.3, -0.25) is 4.79 Å². The minimum absolute atomic E-state index is 0.0478. The van der Waals surface area contributed by atoms with Crippen LogP contribution in [-0.2, 0) is 0 Å². The number of carbonyl (C=O) groups excluding carboxylic acids is 1. The summed E-state index contributed by atoms with van der Waals surface area (Å²) >= 11 is 11.7. The van der Waals surface area contributed by atoms with Crippen LogP contribution in [0.25, 0.3) is 10.9 Å². The Labute approximate surface area is 124 Å². The van der Waals surface area contributed by atoms with E-state index in [0.29, 0.717) is 21.0 Å². The van der Waals surface area contributed by atoms with Crippen molar-refractivity contribution >= 4 is 39.9 Å². The van der Waals surface area contributed by atoms with Crippen molar-refractivity contribution in [2.75, 3.05) is 0 Å². The van der Waals surface area contributed by atoms with Crippen LogP contribution >= 0.6 is 23.2 Å². The molecule has 2 nitrogen and oxygen atoms in total. The second-order valence-electron chi connectivity index (χ2n) is 4.35. The molecule has 0 spiro atoms. The van der Waals surface area contributed by atoms with Crippen LogP contribution < -0.4 is 0 Å². The average Bonchev–Trinajstić information content (AvgIpc) is 2.83. The number of halogens is 3. The molecule has 0 radical (unpaired) electrons. The fourth-order valence-corrected chi connectivity index (χ4v) is 2.45. The first-order valence-electron chi connectivity index (χ1n) is 5.82. The van der Waals surface area contributed by atoms with Gasteiger partial charge in [0.05, 0.1) is 5.56 Å². The van der Waals surface area contributed by atoms with E-state index in [1.165, 1.54) is 18.2 Å². The van der Waals surface area contributed by atoms with Crippen LogP contribution in [0, 0.1) is 5.82 Å². The summed E-state index contributed by atoms with van der Waals surface area (Å²) in [6, 6.07) is 9.03. The van der Waals surface area contributed by atoms with Crippen molar-refractivity contribution in [3.8, 4) is 0 Å². The van der Waals surface area contributed by atoms with Crippen LogP contribution in [-0.4, -0.2) is 10.8 Å². The molecule has 0 saturated carbocycles. The maximum absolute atomic E-state index is 13.8. The van der Waals surface area contributed by atoms with Crippen LogP contribution in [0.1, 0.15) is 15.9 Å². The third-order valence-corrected chi connectivity index (χ3v) is 3.53. The first kappa shape index (κ1) is 13.2. The Morgan fingerprint density at radius 3 is 2.50 bits per heavy atom. The van der Waals surface area contributed by atoms with Crippen LogP contribution in [0.15, 0.2) is 42.6 Å². The van der Waals surface area contributed by atoms with E-state index < -0.39 is 11.6 Å². The van der Waals surface area contributed by atoms with Crippen molar-refractivity contribution in [1.29, 1.82) is 0 Å². The summed E-state index contributed by atoms with van der Waals surface area (Å²) in [6.07, 6.45) is 1.55. The standard InChI is InChI=1S/C15H8Cl2FNO/c16-8-2-4-13(18)11(5-8)15(20)12-7-19-14-6-9(17)1-3-10(12)14/h1-7,19H. The maximum atomic E-state index is 13.8. The fourth-order valence-electron chi connectivity index (χ4n) is 2.10. The van der Waals surface area contributed by atoms with E-state index in [4.69, 9.17) is 23.2 Å². The van der Waals surface area contributed by atoms with Crippen molar-refractivity contribution in [2.45, 2.75) is 0 Å². The van der Waals surface area contributed by atoms with Crippen molar-refractivity contribution in [2.24, 2.45) is 0 Å². The highest BCUT2D eigenvalue weighted by Crippen LogP contribution is 2.25. The number of ketones is 1. The van der Waals surface area contributed by atoms with Gasteiger partial charge in [-0.05, 0) is 30.3 Å². The summed E-state index contributed by atoms with van der Waals surface area (Å²) in [7, 11) is 0. The highest BCUT2D eigenvalue weighted by Gasteiger charge is 2.18. The van der Waals surface area contributed by atoms with Crippen LogP contribution in [0.2, 0.25) is 10.0 Å². The highest BCUT2D eigenvalue weighted by atomic mass is 35.5. The zero-order chi connectivity index (χ0) is 14.3. The average molecular weight is 308 g/mol. The summed E-state index contributed by atoms with van der Waals surface area (Å²) in [5.74, 6) is -1.01. The lowest BCUT2D eigenvalue weighted by Crippen LogP contribution is -2.03. The normalized spacial score (nSPS) is 10.9. The van der Waals surface area contributed by atoms with Gasteiger partial charge in [0.25, 0.3) is 0 Å². The molecule has 0 fully saturated rings. The molecule has 0 atom stereocenters. The molecule has 0 bridgehead atoms. The Morgan fingerprint density at radius 2 is 1.70 bits per heavy atom. The first-order valence-corrected chi connectivity index (χ1v) is 6.58. The van der Waals surface area contributed by atoms with Gasteiger partial charge in [0.1, 0.15) is 5.82 Å². The monoisotopic (exact) mass is 307 g/mol. The first-order chi connectivity index (χ1) is 9.56. The predicted octanol–water partition coefficient (Wildman–Crippen LogP) is 4.84. The van der Waals surface area contributed by atoms with E-state index in [1.54, 1.807) is 24.4 Å². The Hall–Kier alpha value is -1.84. The zero-order valence-corrected chi connectivity index (χ0v) is 11.6. The quantitative estimate of drug-likeness (QED) is 0.675. The molecule has 1 heterocycles. The lowest BCUT2D eigenvalue weighted by Gasteiger charge is -2.02. The topological polar surface area (TPSA) is 32.9 Å². The molecule has 0 unspecified atom stereocenters. The lowest BCUT2D eigenvalue weighted by atomic mass is 10.0. The molecule has 100 valence electrons. The van der Waals surface area contributed by atoms with Crippen molar-refractivity contribution in [3.63, 3.8) is 0 Å². The molecular formula is C15H8Cl2FNO. The maximum Gasteiger partial charge on any atom is 0.198 e. The van der Waals surface area contributed by atoms with Gasteiger partial charge < -0.3 is 4.98 Å². The summed E-state index contributed by atoms with van der Waals surface area (Å²) in [5.41, 5.74) is 1.06. The van der Waals surface area contributed by atoms with Crippen LogP contribution in [0.3, 0.4) is 0 Å². The van der Waals surface area contributed by atoms with Crippen LogP contribution in [0.5, 0.6) is 0 Å². The second-order valence-corrected chi connectivity index (χ2v) is 5.22. The van der Waals surface area contributed by atoms with Gasteiger partial charge in [-0.2, -0.15) is 0 Å². The van der Waals surface area contributed by atoms with Gasteiger partial charge in [0.15, 0.2) is 5.78 Å². The van der Waals surface area contributed by atoms with E-state index in [0.717, 1.165) is 5.52 Å². The van der Waals surface area contributed by atoms with E-state index in [2.05, 4.69) is 4.98 Å². The molecule has 0 saturated heterocycles. The Bertz CT molecular complexity index is 826. The number of carbonyl (C=O) groups is 1. The number of nitrogens with one attached hydrogen (secondary N) is 1. The van der Waals surface area contributed by atoms with Gasteiger partial charge in [0.2, 0.25) is 0 Å². The third-order valence-electron chi connectivity index (χ3n) is 3.06. The van der Waals surface area contributed by atoms with Crippen molar-refractivity contribution < 1.29 is 9.18 Å². The number of rotatable bonds is 2. The van der Waals surface area contributed by atoms with Gasteiger partial charge in [-0.15, -0.1) is 0 Å². The lowest BCUT2D eigenvalue weighted by molar-refractivity contribution is 0.103. The molecule has 0 aliphatic carbocycles. The van der Waals surface area contributed by atoms with Gasteiger partial charge >= 0.3 is 0 Å². The molecular weight excluding hydrogens is 300 g/mol. The largest absolute Gasteiger partial charge is 0.360 e. The summed E-state index contributed by atoms with van der Waals surface area (Å²) in [5, 5.41) is 1.57. The molecule has 1 aromatic heterocycles. The number of H-pyrrole nitrogens is 1. The SMILES string of the molecule is O=C(c1cc(Cl)ccc1F)c1c[nH]c2cc(Cl)ccc12. The number of benzene rings is 2. The number of hydrogen-bond donors (Lipinski definition) is 1. The summed E-state index contributed by atoms with van der Waals surface area (Å²) < 4.78 is 13.8. The van der Waals surface area contributed by atoms with Gasteiger partial charge in [-0.1, -0.05) is 29.3 Å². The number of hydrogen-bond acceptors (Lipinski definition) is 1. The molecule has 0 aliphatic heterocycles. The second kappa shape index (κ2) is 4.93. The molecule has 0 amide bonds. The minimum Gasteiger partial charge on any atom is -0.360 e.